The van der Waals surface area contributed by atoms with Crippen molar-refractivity contribution in [1.29, 1.82) is 0 Å². The Morgan fingerprint density at radius 2 is 2.07 bits per heavy atom. The van der Waals surface area contributed by atoms with Crippen molar-refractivity contribution in [3.05, 3.63) is 11.7 Å². The minimum absolute atomic E-state index is 0.155. The molecule has 0 amide bonds. The van der Waals surface area contributed by atoms with Crippen molar-refractivity contribution in [2.24, 2.45) is 0 Å². The van der Waals surface area contributed by atoms with Gasteiger partial charge in [0, 0.05) is 5.41 Å². The fourth-order valence-electron chi connectivity index (χ4n) is 0.821. The van der Waals surface area contributed by atoms with Crippen LogP contribution in [0.3, 0.4) is 0 Å². The number of hydrogen-bond acceptors (Lipinski definition) is 4. The number of hydrogen-bond donors (Lipinski definition) is 1. The van der Waals surface area contributed by atoms with Gasteiger partial charge in [-0.25, -0.2) is 0 Å². The molecule has 0 aliphatic carbocycles. The Morgan fingerprint density at radius 3 is 2.43 bits per heavy atom. The van der Waals surface area contributed by atoms with Gasteiger partial charge in [0.15, 0.2) is 5.82 Å². The lowest BCUT2D eigenvalue weighted by Gasteiger charge is -2.10. The molecule has 1 unspecified atom stereocenters. The number of carboxylic acid groups (broad SMARTS) is 1. The first-order chi connectivity index (χ1) is 6.32. The van der Waals surface area contributed by atoms with Crippen LogP contribution in [0.15, 0.2) is 4.52 Å². The molecule has 78 valence electrons. The topological polar surface area (TPSA) is 76.2 Å². The van der Waals surface area contributed by atoms with E-state index >= 15 is 0 Å². The highest BCUT2D eigenvalue weighted by molar-refractivity contribution is 5.73. The third-order valence-electron chi connectivity index (χ3n) is 1.85. The number of carboxylic acids is 1. The second kappa shape index (κ2) is 3.40. The van der Waals surface area contributed by atoms with Crippen LogP contribution in [0.4, 0.5) is 0 Å². The molecule has 1 N–H and O–H groups in total. The van der Waals surface area contributed by atoms with Crippen molar-refractivity contribution in [2.45, 2.75) is 39.0 Å². The number of nitrogens with zero attached hydrogens (tertiary/aromatic N) is 2. The molecule has 1 aromatic heterocycles. The largest absolute Gasteiger partial charge is 0.481 e. The Bertz CT molecular complexity index is 338. The molecule has 0 aromatic carbocycles. The number of aromatic nitrogens is 2. The molecule has 1 heterocycles. The first kappa shape index (κ1) is 10.7. The maximum absolute atomic E-state index is 10.6. The molecule has 1 aromatic rings. The summed E-state index contributed by atoms with van der Waals surface area (Å²) in [7, 11) is 0. The van der Waals surface area contributed by atoms with E-state index in [-0.39, 0.29) is 11.3 Å². The predicted molar refractivity (Wildman–Crippen MR) is 49.0 cm³/mol. The van der Waals surface area contributed by atoms with Gasteiger partial charge >= 0.3 is 5.97 Å². The van der Waals surface area contributed by atoms with Gasteiger partial charge in [0.05, 0.1) is 0 Å². The van der Waals surface area contributed by atoms with Crippen molar-refractivity contribution < 1.29 is 14.4 Å². The molecule has 0 saturated carbocycles. The Kier molecular flexibility index (Phi) is 2.59. The zero-order chi connectivity index (χ0) is 10.9. The second-order valence-corrected chi connectivity index (χ2v) is 4.27. The van der Waals surface area contributed by atoms with Crippen molar-refractivity contribution in [3.8, 4) is 0 Å². The second-order valence-electron chi connectivity index (χ2n) is 4.27. The molecule has 0 spiro atoms. The summed E-state index contributed by atoms with van der Waals surface area (Å²) >= 11 is 0. The zero-order valence-electron chi connectivity index (χ0n) is 8.74. The number of rotatable bonds is 2. The average molecular weight is 198 g/mol. The predicted octanol–water partition coefficient (Wildman–Crippen LogP) is 1.56. The van der Waals surface area contributed by atoms with E-state index in [1.54, 1.807) is 0 Å². The SMILES string of the molecule is CC(C(=O)O)c1nc(C(C)(C)C)no1. The van der Waals surface area contributed by atoms with Gasteiger partial charge in [-0.1, -0.05) is 25.9 Å². The van der Waals surface area contributed by atoms with Crippen LogP contribution in [-0.2, 0) is 10.2 Å². The van der Waals surface area contributed by atoms with Gasteiger partial charge in [-0.05, 0) is 6.92 Å². The lowest BCUT2D eigenvalue weighted by Crippen LogP contribution is -2.14. The van der Waals surface area contributed by atoms with E-state index in [1.165, 1.54) is 6.92 Å². The lowest BCUT2D eigenvalue weighted by molar-refractivity contribution is -0.138. The normalized spacial score (nSPS) is 14.0. The Hall–Kier alpha value is -1.39. The van der Waals surface area contributed by atoms with E-state index in [0.717, 1.165) is 0 Å². The van der Waals surface area contributed by atoms with Gasteiger partial charge in [-0.2, -0.15) is 4.98 Å². The van der Waals surface area contributed by atoms with Gasteiger partial charge in [-0.3, -0.25) is 4.79 Å². The molecule has 5 heteroatoms. The number of carbonyl (C=O) groups is 1. The highest BCUT2D eigenvalue weighted by Crippen LogP contribution is 2.21. The smallest absolute Gasteiger partial charge is 0.315 e. The summed E-state index contributed by atoms with van der Waals surface area (Å²) in [5.41, 5.74) is -0.222. The van der Waals surface area contributed by atoms with Crippen LogP contribution in [0.1, 0.15) is 45.3 Å². The van der Waals surface area contributed by atoms with Gasteiger partial charge in [0.1, 0.15) is 5.92 Å². The van der Waals surface area contributed by atoms with Crippen LogP contribution < -0.4 is 0 Å². The highest BCUT2D eigenvalue weighted by Gasteiger charge is 2.25. The van der Waals surface area contributed by atoms with E-state index in [1.807, 2.05) is 20.8 Å². The molecule has 0 aliphatic heterocycles. The number of aliphatic carboxylic acids is 1. The standard InChI is InChI=1S/C9H14N2O3/c1-5(7(12)13)6-10-8(11-14-6)9(2,3)4/h5H,1-4H3,(H,12,13). The monoisotopic (exact) mass is 198 g/mol. The fraction of sp³-hybridized carbons (Fsp3) is 0.667. The van der Waals surface area contributed by atoms with Crippen molar-refractivity contribution >= 4 is 5.97 Å². The molecule has 0 radical (unpaired) electrons. The molecule has 0 aliphatic rings. The first-order valence-electron chi connectivity index (χ1n) is 4.39. The van der Waals surface area contributed by atoms with Crippen LogP contribution in [0.2, 0.25) is 0 Å². The molecule has 0 bridgehead atoms. The summed E-state index contributed by atoms with van der Waals surface area (Å²) < 4.78 is 4.87. The molecule has 5 nitrogen and oxygen atoms in total. The summed E-state index contributed by atoms with van der Waals surface area (Å²) in [5, 5.41) is 12.5. The molecule has 0 fully saturated rings. The van der Waals surface area contributed by atoms with Crippen LogP contribution in [0.25, 0.3) is 0 Å². The van der Waals surface area contributed by atoms with E-state index in [2.05, 4.69) is 10.1 Å². The summed E-state index contributed by atoms with van der Waals surface area (Å²) in [6.45, 7) is 7.33. The summed E-state index contributed by atoms with van der Waals surface area (Å²) in [4.78, 5) is 14.7. The fourth-order valence-corrected chi connectivity index (χ4v) is 0.821. The van der Waals surface area contributed by atoms with Crippen LogP contribution in [0.5, 0.6) is 0 Å². The third kappa shape index (κ3) is 2.10. The van der Waals surface area contributed by atoms with Crippen LogP contribution in [0, 0.1) is 0 Å². The Morgan fingerprint density at radius 1 is 1.50 bits per heavy atom. The molecule has 14 heavy (non-hydrogen) atoms. The summed E-state index contributed by atoms with van der Waals surface area (Å²) in [6, 6.07) is 0. The zero-order valence-corrected chi connectivity index (χ0v) is 8.74. The Labute approximate surface area is 82.1 Å². The lowest BCUT2D eigenvalue weighted by atomic mass is 9.96. The van der Waals surface area contributed by atoms with Crippen molar-refractivity contribution in [1.82, 2.24) is 10.1 Å². The minimum Gasteiger partial charge on any atom is -0.481 e. The van der Waals surface area contributed by atoms with E-state index < -0.39 is 11.9 Å². The van der Waals surface area contributed by atoms with E-state index in [9.17, 15) is 4.79 Å². The molecular weight excluding hydrogens is 184 g/mol. The van der Waals surface area contributed by atoms with Crippen LogP contribution in [-0.4, -0.2) is 21.2 Å². The van der Waals surface area contributed by atoms with Crippen LogP contribution >= 0.6 is 0 Å². The van der Waals surface area contributed by atoms with Gasteiger partial charge in [0.25, 0.3) is 0 Å². The summed E-state index contributed by atoms with van der Waals surface area (Å²) in [6.07, 6.45) is 0. The first-order valence-corrected chi connectivity index (χ1v) is 4.39. The van der Waals surface area contributed by atoms with Gasteiger partial charge in [0.2, 0.25) is 5.89 Å². The van der Waals surface area contributed by atoms with Crippen molar-refractivity contribution in [2.75, 3.05) is 0 Å². The third-order valence-corrected chi connectivity index (χ3v) is 1.85. The average Bonchev–Trinajstić information content (AvgIpc) is 2.49. The highest BCUT2D eigenvalue weighted by atomic mass is 16.5. The summed E-state index contributed by atoms with van der Waals surface area (Å²) in [5.74, 6) is -1.03. The van der Waals surface area contributed by atoms with Gasteiger partial charge in [-0.15, -0.1) is 0 Å². The van der Waals surface area contributed by atoms with E-state index in [4.69, 9.17) is 9.63 Å². The molecule has 1 atom stereocenters. The molecule has 1 rings (SSSR count). The van der Waals surface area contributed by atoms with Crippen molar-refractivity contribution in [3.63, 3.8) is 0 Å². The maximum Gasteiger partial charge on any atom is 0.315 e. The minimum atomic E-state index is -0.964. The molecular formula is C9H14N2O3. The van der Waals surface area contributed by atoms with Gasteiger partial charge < -0.3 is 9.63 Å². The quantitative estimate of drug-likeness (QED) is 0.780. The Balaban J connectivity index is 2.94. The van der Waals surface area contributed by atoms with E-state index in [0.29, 0.717) is 5.82 Å². The maximum atomic E-state index is 10.6. The molecule has 0 saturated heterocycles.